The molecule has 0 unspecified atom stereocenters. The molecule has 0 atom stereocenters. The van der Waals surface area contributed by atoms with Gasteiger partial charge in [0.25, 0.3) is 0 Å². The summed E-state index contributed by atoms with van der Waals surface area (Å²) in [6, 6.07) is 5.66. The van der Waals surface area contributed by atoms with Gasteiger partial charge in [-0.15, -0.1) is 0 Å². The number of nitrogens with zero attached hydrogens (tertiary/aromatic N) is 1. The maximum absolute atomic E-state index is 12.6. The lowest BCUT2D eigenvalue weighted by Crippen LogP contribution is -2.45. The monoisotopic (exact) mass is 417 g/mol. The topological polar surface area (TPSA) is 79.9 Å². The third kappa shape index (κ3) is 6.36. The molecule has 0 spiro atoms. The van der Waals surface area contributed by atoms with E-state index in [1.54, 1.807) is 32.4 Å². The highest BCUT2D eigenvalue weighted by Gasteiger charge is 2.27. The Morgan fingerprint density at radius 1 is 1.00 bits per heavy atom. The van der Waals surface area contributed by atoms with Gasteiger partial charge in [0, 0.05) is 18.0 Å². The van der Waals surface area contributed by atoms with E-state index in [1.165, 1.54) is 25.7 Å². The molecule has 166 valence electrons. The number of anilines is 1. The van der Waals surface area contributed by atoms with E-state index in [0.29, 0.717) is 29.8 Å². The van der Waals surface area contributed by atoms with Crippen LogP contribution in [0.4, 0.5) is 5.69 Å². The molecule has 1 saturated carbocycles. The maximum atomic E-state index is 12.6. The van der Waals surface area contributed by atoms with Crippen LogP contribution in [0.5, 0.6) is 11.5 Å². The van der Waals surface area contributed by atoms with Gasteiger partial charge in [0.05, 0.1) is 26.5 Å². The molecule has 0 bridgehead atoms. The highest BCUT2D eigenvalue weighted by Crippen LogP contribution is 2.29. The van der Waals surface area contributed by atoms with Crippen molar-refractivity contribution in [1.82, 2.24) is 10.2 Å². The number of hydrogen-bond donors (Lipinski definition) is 2. The average Bonchev–Trinajstić information content (AvgIpc) is 3.03. The minimum absolute atomic E-state index is 0.0641. The van der Waals surface area contributed by atoms with Crippen LogP contribution in [0.3, 0.4) is 0 Å². The zero-order valence-electron chi connectivity index (χ0n) is 18.2. The number of piperidine rings is 1. The van der Waals surface area contributed by atoms with Crippen molar-refractivity contribution < 1.29 is 19.1 Å². The predicted octanol–water partition coefficient (Wildman–Crippen LogP) is 3.19. The van der Waals surface area contributed by atoms with E-state index in [4.69, 9.17) is 9.47 Å². The van der Waals surface area contributed by atoms with Crippen molar-refractivity contribution in [3.63, 3.8) is 0 Å². The quantitative estimate of drug-likeness (QED) is 0.666. The van der Waals surface area contributed by atoms with Crippen molar-refractivity contribution in [2.24, 2.45) is 5.92 Å². The second kappa shape index (κ2) is 11.2. The number of methoxy groups -OCH3 is 2. The van der Waals surface area contributed by atoms with E-state index in [9.17, 15) is 9.59 Å². The fraction of sp³-hybridized carbons (Fsp3) is 0.652. The molecule has 7 heteroatoms. The van der Waals surface area contributed by atoms with Crippen LogP contribution >= 0.6 is 0 Å². The van der Waals surface area contributed by atoms with Crippen LogP contribution in [-0.2, 0) is 9.59 Å². The lowest BCUT2D eigenvalue weighted by atomic mass is 9.95. The van der Waals surface area contributed by atoms with E-state index in [1.807, 2.05) is 0 Å². The third-order valence-electron chi connectivity index (χ3n) is 6.21. The molecule has 0 aromatic heterocycles. The molecule has 2 N–H and O–H groups in total. The summed E-state index contributed by atoms with van der Waals surface area (Å²) in [5.74, 6) is 1.42. The highest BCUT2D eigenvalue weighted by atomic mass is 16.5. The van der Waals surface area contributed by atoms with Gasteiger partial charge < -0.3 is 20.1 Å². The molecule has 1 saturated heterocycles. The molecule has 7 nitrogen and oxygen atoms in total. The van der Waals surface area contributed by atoms with E-state index in [2.05, 4.69) is 15.5 Å². The van der Waals surface area contributed by atoms with Crippen LogP contribution in [0.2, 0.25) is 0 Å². The molecule has 0 radical (unpaired) electrons. The van der Waals surface area contributed by atoms with Crippen molar-refractivity contribution in [3.05, 3.63) is 18.2 Å². The Morgan fingerprint density at radius 3 is 2.33 bits per heavy atom. The number of benzene rings is 1. The van der Waals surface area contributed by atoms with Gasteiger partial charge in [-0.3, -0.25) is 14.5 Å². The van der Waals surface area contributed by atoms with Gasteiger partial charge in [-0.05, 0) is 50.9 Å². The lowest BCUT2D eigenvalue weighted by molar-refractivity contribution is -0.127. The SMILES string of the molecule is COc1ccc(NC(=O)CN2CCC(C(=O)NC3CCCCCC3)CC2)c(OC)c1. The number of hydrogen-bond acceptors (Lipinski definition) is 5. The first-order valence-electron chi connectivity index (χ1n) is 11.1. The van der Waals surface area contributed by atoms with Gasteiger partial charge in [-0.2, -0.15) is 0 Å². The number of nitrogens with one attached hydrogen (secondary N) is 2. The normalized spacial score (nSPS) is 19.0. The van der Waals surface area contributed by atoms with E-state index >= 15 is 0 Å². The average molecular weight is 418 g/mol. The Labute approximate surface area is 179 Å². The van der Waals surface area contributed by atoms with Gasteiger partial charge in [-0.25, -0.2) is 0 Å². The molecule has 1 aromatic carbocycles. The van der Waals surface area contributed by atoms with E-state index in [-0.39, 0.29) is 17.7 Å². The molecule has 3 rings (SSSR count). The molecular weight excluding hydrogens is 382 g/mol. The minimum Gasteiger partial charge on any atom is -0.497 e. The molecule has 1 heterocycles. The van der Waals surface area contributed by atoms with Crippen LogP contribution in [0.15, 0.2) is 18.2 Å². The fourth-order valence-electron chi connectivity index (χ4n) is 4.39. The number of rotatable bonds is 7. The summed E-state index contributed by atoms with van der Waals surface area (Å²) < 4.78 is 10.5. The van der Waals surface area contributed by atoms with E-state index in [0.717, 1.165) is 38.8 Å². The van der Waals surface area contributed by atoms with Crippen molar-refractivity contribution >= 4 is 17.5 Å². The second-order valence-electron chi connectivity index (χ2n) is 8.36. The van der Waals surface area contributed by atoms with Crippen LogP contribution in [0, 0.1) is 5.92 Å². The Balaban J connectivity index is 1.43. The molecule has 1 aliphatic carbocycles. The van der Waals surface area contributed by atoms with Crippen molar-refractivity contribution in [2.75, 3.05) is 39.2 Å². The van der Waals surface area contributed by atoms with Crippen LogP contribution in [-0.4, -0.2) is 56.6 Å². The van der Waals surface area contributed by atoms with Crippen LogP contribution in [0.1, 0.15) is 51.4 Å². The molecule has 30 heavy (non-hydrogen) atoms. The maximum Gasteiger partial charge on any atom is 0.238 e. The Hall–Kier alpha value is -2.28. The Bertz CT molecular complexity index is 708. The molecule has 1 aliphatic heterocycles. The number of amides is 2. The third-order valence-corrected chi connectivity index (χ3v) is 6.21. The zero-order valence-corrected chi connectivity index (χ0v) is 18.2. The predicted molar refractivity (Wildman–Crippen MR) is 117 cm³/mol. The smallest absolute Gasteiger partial charge is 0.238 e. The van der Waals surface area contributed by atoms with E-state index < -0.39 is 0 Å². The first-order chi connectivity index (χ1) is 14.6. The van der Waals surface area contributed by atoms with Crippen molar-refractivity contribution in [1.29, 1.82) is 0 Å². The summed E-state index contributed by atoms with van der Waals surface area (Å²) in [6.45, 7) is 1.83. The molecule has 2 fully saturated rings. The number of likely N-dealkylation sites (tertiary alicyclic amines) is 1. The molecule has 2 amide bonds. The summed E-state index contributed by atoms with van der Waals surface area (Å²) in [4.78, 5) is 27.2. The highest BCUT2D eigenvalue weighted by molar-refractivity contribution is 5.93. The summed E-state index contributed by atoms with van der Waals surface area (Å²) in [7, 11) is 3.16. The minimum atomic E-state index is -0.0835. The molecule has 1 aromatic rings. The molecular formula is C23H35N3O4. The van der Waals surface area contributed by atoms with Gasteiger partial charge in [0.2, 0.25) is 11.8 Å². The fourth-order valence-corrected chi connectivity index (χ4v) is 4.39. The van der Waals surface area contributed by atoms with Crippen molar-refractivity contribution in [2.45, 2.75) is 57.4 Å². The van der Waals surface area contributed by atoms with Crippen LogP contribution in [0.25, 0.3) is 0 Å². The first kappa shape index (κ1) is 22.4. The summed E-state index contributed by atoms with van der Waals surface area (Å²) >= 11 is 0. The standard InChI is InChI=1S/C23H35N3O4/c1-29-19-9-10-20(21(15-19)30-2)25-22(27)16-26-13-11-17(12-14-26)23(28)24-18-7-5-3-4-6-8-18/h9-10,15,17-18H,3-8,11-14,16H2,1-2H3,(H,24,28)(H,25,27). The van der Waals surface area contributed by atoms with Crippen molar-refractivity contribution in [3.8, 4) is 11.5 Å². The summed E-state index contributed by atoms with van der Waals surface area (Å²) in [5, 5.41) is 6.19. The van der Waals surface area contributed by atoms with Gasteiger partial charge in [0.15, 0.2) is 0 Å². The Morgan fingerprint density at radius 2 is 1.70 bits per heavy atom. The number of carbonyl (C=O) groups is 2. The van der Waals surface area contributed by atoms with Gasteiger partial charge in [-0.1, -0.05) is 25.7 Å². The van der Waals surface area contributed by atoms with Gasteiger partial charge in [0.1, 0.15) is 11.5 Å². The zero-order chi connectivity index (χ0) is 21.3. The van der Waals surface area contributed by atoms with Crippen LogP contribution < -0.4 is 20.1 Å². The largest absolute Gasteiger partial charge is 0.497 e. The van der Waals surface area contributed by atoms with Gasteiger partial charge >= 0.3 is 0 Å². The Kier molecular flexibility index (Phi) is 8.37. The number of ether oxygens (including phenoxy) is 2. The first-order valence-corrected chi connectivity index (χ1v) is 11.1. The summed E-state index contributed by atoms with van der Waals surface area (Å²) in [5.41, 5.74) is 0.626. The summed E-state index contributed by atoms with van der Waals surface area (Å²) in [6.07, 6.45) is 8.84. The number of carbonyl (C=O) groups excluding carboxylic acids is 2. The molecule has 2 aliphatic rings. The lowest BCUT2D eigenvalue weighted by Gasteiger charge is -2.31. The second-order valence-corrected chi connectivity index (χ2v) is 8.36.